The molecule has 1 atom stereocenters. The molecule has 0 fully saturated rings. The number of nitrogens with one attached hydrogen (secondary N) is 1. The maximum absolute atomic E-state index is 13.1. The highest BCUT2D eigenvalue weighted by atomic mass is 35.5. The molecule has 0 spiro atoms. The van der Waals surface area contributed by atoms with Crippen molar-refractivity contribution in [1.82, 2.24) is 0 Å². The Labute approximate surface area is 109 Å². The largest absolute Gasteiger partial charge is 0.327 e. The summed E-state index contributed by atoms with van der Waals surface area (Å²) in [4.78, 5) is 11.5. The number of hydrogen-bond acceptors (Lipinski definition) is 2. The molecule has 17 heavy (non-hydrogen) atoms. The third-order valence-corrected chi connectivity index (χ3v) is 2.79. The van der Waals surface area contributed by atoms with Gasteiger partial charge in [-0.15, -0.1) is 0 Å². The lowest BCUT2D eigenvalue weighted by Crippen LogP contribution is -2.26. The quantitative estimate of drug-likeness (QED) is 0.831. The molecule has 0 aromatic heterocycles. The summed E-state index contributed by atoms with van der Waals surface area (Å²) in [5.41, 5.74) is 5.99. The Kier molecular flexibility index (Phi) is 5.18. The monoisotopic (exact) mass is 278 g/mol. The molecule has 0 saturated heterocycles. The standard InChI is InChI=1S/C11H13Cl2FN2O/c1-2-6(15)3-10(17)16-7-4-8(12)11(14)9(13)5-7/h4-6H,2-3,15H2,1H3,(H,16,17). The van der Waals surface area contributed by atoms with Gasteiger partial charge >= 0.3 is 0 Å². The third kappa shape index (κ3) is 4.15. The van der Waals surface area contributed by atoms with Crippen molar-refractivity contribution >= 4 is 34.8 Å². The Morgan fingerprint density at radius 2 is 2.00 bits per heavy atom. The highest BCUT2D eigenvalue weighted by Crippen LogP contribution is 2.27. The Bertz CT molecular complexity index is 403. The van der Waals surface area contributed by atoms with Crippen molar-refractivity contribution in [3.05, 3.63) is 28.0 Å². The van der Waals surface area contributed by atoms with Crippen molar-refractivity contribution in [3.8, 4) is 0 Å². The molecule has 3 nitrogen and oxygen atoms in total. The van der Waals surface area contributed by atoms with Gasteiger partial charge in [0.2, 0.25) is 5.91 Å². The van der Waals surface area contributed by atoms with Crippen LogP contribution in [0.15, 0.2) is 12.1 Å². The van der Waals surface area contributed by atoms with E-state index in [9.17, 15) is 9.18 Å². The van der Waals surface area contributed by atoms with Crippen LogP contribution in [0, 0.1) is 5.82 Å². The topological polar surface area (TPSA) is 55.1 Å². The summed E-state index contributed by atoms with van der Waals surface area (Å²) in [5.74, 6) is -0.949. The van der Waals surface area contributed by atoms with Gasteiger partial charge in [-0.2, -0.15) is 0 Å². The van der Waals surface area contributed by atoms with Gasteiger partial charge in [-0.3, -0.25) is 4.79 Å². The van der Waals surface area contributed by atoms with E-state index in [4.69, 9.17) is 28.9 Å². The molecule has 0 aliphatic rings. The summed E-state index contributed by atoms with van der Waals surface area (Å²) in [6.07, 6.45) is 0.904. The number of anilines is 1. The van der Waals surface area contributed by atoms with E-state index in [1.54, 1.807) is 0 Å². The van der Waals surface area contributed by atoms with Crippen LogP contribution in [0.2, 0.25) is 10.0 Å². The number of nitrogens with two attached hydrogens (primary N) is 1. The predicted octanol–water partition coefficient (Wildman–Crippen LogP) is 3.20. The van der Waals surface area contributed by atoms with Crippen LogP contribution in [0.25, 0.3) is 0 Å². The van der Waals surface area contributed by atoms with Crippen LogP contribution >= 0.6 is 23.2 Å². The molecule has 0 heterocycles. The molecule has 1 aromatic rings. The number of amides is 1. The fourth-order valence-electron chi connectivity index (χ4n) is 1.22. The number of halogens is 3. The molecule has 0 aliphatic heterocycles. The van der Waals surface area contributed by atoms with Crippen LogP contribution in [0.4, 0.5) is 10.1 Å². The van der Waals surface area contributed by atoms with E-state index in [1.165, 1.54) is 12.1 Å². The average Bonchev–Trinajstić information content (AvgIpc) is 2.25. The molecule has 3 N–H and O–H groups in total. The molecule has 1 aromatic carbocycles. The molecule has 1 rings (SSSR count). The summed E-state index contributed by atoms with van der Waals surface area (Å²) in [6.45, 7) is 1.89. The molecular weight excluding hydrogens is 266 g/mol. The van der Waals surface area contributed by atoms with Crippen LogP contribution in [0.5, 0.6) is 0 Å². The van der Waals surface area contributed by atoms with Gasteiger partial charge in [0.25, 0.3) is 0 Å². The van der Waals surface area contributed by atoms with Crippen LogP contribution in [-0.4, -0.2) is 11.9 Å². The van der Waals surface area contributed by atoms with Crippen molar-refractivity contribution in [2.24, 2.45) is 5.73 Å². The number of hydrogen-bond donors (Lipinski definition) is 2. The highest BCUT2D eigenvalue weighted by Gasteiger charge is 2.11. The number of carbonyl (C=O) groups is 1. The molecule has 0 bridgehead atoms. The SMILES string of the molecule is CCC(N)CC(=O)Nc1cc(Cl)c(F)c(Cl)c1. The Morgan fingerprint density at radius 1 is 1.47 bits per heavy atom. The first-order chi connectivity index (χ1) is 7.93. The second-order valence-electron chi connectivity index (χ2n) is 3.67. The summed E-state index contributed by atoms with van der Waals surface area (Å²) in [7, 11) is 0. The maximum atomic E-state index is 13.1. The van der Waals surface area contributed by atoms with Crippen molar-refractivity contribution in [2.45, 2.75) is 25.8 Å². The summed E-state index contributed by atoms with van der Waals surface area (Å²) in [5, 5.41) is 2.30. The Balaban J connectivity index is 2.72. The minimum atomic E-state index is -0.698. The van der Waals surface area contributed by atoms with E-state index in [0.29, 0.717) is 12.1 Å². The molecule has 1 unspecified atom stereocenters. The zero-order valence-corrected chi connectivity index (χ0v) is 10.8. The lowest BCUT2D eigenvalue weighted by Gasteiger charge is -2.10. The second-order valence-corrected chi connectivity index (χ2v) is 4.49. The molecule has 1 amide bonds. The first kappa shape index (κ1) is 14.2. The summed E-state index contributed by atoms with van der Waals surface area (Å²) >= 11 is 11.2. The van der Waals surface area contributed by atoms with E-state index in [0.717, 1.165) is 0 Å². The molecule has 6 heteroatoms. The van der Waals surface area contributed by atoms with Gasteiger partial charge < -0.3 is 11.1 Å². The van der Waals surface area contributed by atoms with Crippen LogP contribution < -0.4 is 11.1 Å². The maximum Gasteiger partial charge on any atom is 0.225 e. The summed E-state index contributed by atoms with van der Waals surface area (Å²) in [6, 6.07) is 2.41. The summed E-state index contributed by atoms with van der Waals surface area (Å²) < 4.78 is 13.1. The number of carbonyl (C=O) groups excluding carboxylic acids is 1. The van der Waals surface area contributed by atoms with Crippen LogP contribution in [0.1, 0.15) is 19.8 Å². The minimum absolute atomic E-state index is 0.132. The third-order valence-electron chi connectivity index (χ3n) is 2.24. The average molecular weight is 279 g/mol. The Hall–Kier alpha value is -0.840. The molecular formula is C11H13Cl2FN2O. The van der Waals surface area contributed by atoms with Gasteiger partial charge in [-0.25, -0.2) is 4.39 Å². The fourth-order valence-corrected chi connectivity index (χ4v) is 1.71. The van der Waals surface area contributed by atoms with Gasteiger partial charge in [-0.1, -0.05) is 30.1 Å². The fraction of sp³-hybridized carbons (Fsp3) is 0.364. The highest BCUT2D eigenvalue weighted by molar-refractivity contribution is 6.35. The lowest BCUT2D eigenvalue weighted by atomic mass is 10.1. The van der Waals surface area contributed by atoms with E-state index < -0.39 is 5.82 Å². The van der Waals surface area contributed by atoms with E-state index in [-0.39, 0.29) is 28.4 Å². The van der Waals surface area contributed by atoms with Crippen LogP contribution in [0.3, 0.4) is 0 Å². The van der Waals surface area contributed by atoms with Gasteiger partial charge in [0, 0.05) is 18.2 Å². The van der Waals surface area contributed by atoms with E-state index >= 15 is 0 Å². The first-order valence-corrected chi connectivity index (χ1v) is 5.89. The molecule has 94 valence electrons. The second kappa shape index (κ2) is 6.19. The molecule has 0 aliphatic carbocycles. The zero-order valence-electron chi connectivity index (χ0n) is 9.27. The minimum Gasteiger partial charge on any atom is -0.327 e. The number of benzene rings is 1. The van der Waals surface area contributed by atoms with Crippen LogP contribution in [-0.2, 0) is 4.79 Å². The lowest BCUT2D eigenvalue weighted by molar-refractivity contribution is -0.116. The molecule has 0 radical (unpaired) electrons. The first-order valence-electron chi connectivity index (χ1n) is 5.14. The molecule has 0 saturated carbocycles. The van der Waals surface area contributed by atoms with Gasteiger partial charge in [0.1, 0.15) is 0 Å². The normalized spacial score (nSPS) is 12.3. The number of rotatable bonds is 4. The zero-order chi connectivity index (χ0) is 13.0. The van der Waals surface area contributed by atoms with Gasteiger partial charge in [0.05, 0.1) is 10.0 Å². The Morgan fingerprint density at radius 3 is 2.47 bits per heavy atom. The van der Waals surface area contributed by atoms with Gasteiger partial charge in [-0.05, 0) is 18.6 Å². The van der Waals surface area contributed by atoms with Crippen molar-refractivity contribution in [2.75, 3.05) is 5.32 Å². The smallest absolute Gasteiger partial charge is 0.225 e. The van der Waals surface area contributed by atoms with E-state index in [2.05, 4.69) is 5.32 Å². The van der Waals surface area contributed by atoms with Crippen molar-refractivity contribution < 1.29 is 9.18 Å². The van der Waals surface area contributed by atoms with Gasteiger partial charge in [0.15, 0.2) is 5.82 Å². The van der Waals surface area contributed by atoms with Crippen molar-refractivity contribution in [3.63, 3.8) is 0 Å². The van der Waals surface area contributed by atoms with Crippen molar-refractivity contribution in [1.29, 1.82) is 0 Å². The van der Waals surface area contributed by atoms with E-state index in [1.807, 2.05) is 6.92 Å². The predicted molar refractivity (Wildman–Crippen MR) is 67.9 cm³/mol.